The lowest BCUT2D eigenvalue weighted by Crippen LogP contribution is -2.40. The van der Waals surface area contributed by atoms with Gasteiger partial charge in [0.2, 0.25) is 15.8 Å². The van der Waals surface area contributed by atoms with Crippen LogP contribution >= 0.6 is 0 Å². The minimum Gasteiger partial charge on any atom is -0.449 e. The van der Waals surface area contributed by atoms with Crippen molar-refractivity contribution < 1.29 is 31.9 Å². The van der Waals surface area contributed by atoms with E-state index in [4.69, 9.17) is 13.9 Å². The van der Waals surface area contributed by atoms with Crippen molar-refractivity contribution in [2.24, 2.45) is 0 Å². The molecule has 1 amide bonds. The largest absolute Gasteiger partial charge is 0.449 e. The van der Waals surface area contributed by atoms with Crippen molar-refractivity contribution >= 4 is 38.6 Å². The summed E-state index contributed by atoms with van der Waals surface area (Å²) in [6.07, 6.45) is -1.21. The van der Waals surface area contributed by atoms with Gasteiger partial charge in [0.05, 0.1) is 23.5 Å². The highest BCUT2D eigenvalue weighted by Gasteiger charge is 2.26. The van der Waals surface area contributed by atoms with Crippen LogP contribution in [0.3, 0.4) is 0 Å². The SMILES string of the molecule is CC(OC(=O)c1cc(=O)c2ccccc2o1)C(=O)Nc1ccc(S(=O)(=O)N2CCOCC2)cc1. The molecule has 1 aliphatic heterocycles. The minimum atomic E-state index is -3.65. The molecule has 3 aromatic rings. The van der Waals surface area contributed by atoms with Crippen LogP contribution in [0.25, 0.3) is 11.0 Å². The molecule has 1 saturated heterocycles. The first-order valence-electron chi connectivity index (χ1n) is 10.5. The van der Waals surface area contributed by atoms with Gasteiger partial charge in [0, 0.05) is 24.8 Å². The van der Waals surface area contributed by atoms with Crippen molar-refractivity contribution in [3.8, 4) is 0 Å². The van der Waals surface area contributed by atoms with Crippen LogP contribution in [0.15, 0.2) is 68.7 Å². The maximum absolute atomic E-state index is 12.7. The number of ether oxygens (including phenoxy) is 2. The fourth-order valence-corrected chi connectivity index (χ4v) is 4.77. The molecule has 1 unspecified atom stereocenters. The molecule has 0 spiro atoms. The number of para-hydroxylation sites is 1. The molecular formula is C23H22N2O8S. The van der Waals surface area contributed by atoms with Crippen LogP contribution in [0, 0.1) is 0 Å². The molecule has 178 valence electrons. The third kappa shape index (κ3) is 5.01. The van der Waals surface area contributed by atoms with Crippen molar-refractivity contribution in [3.63, 3.8) is 0 Å². The lowest BCUT2D eigenvalue weighted by molar-refractivity contribution is -0.123. The highest BCUT2D eigenvalue weighted by molar-refractivity contribution is 7.89. The second kappa shape index (κ2) is 9.75. The smallest absolute Gasteiger partial charge is 0.375 e. The standard InChI is InChI=1S/C23H22N2O8S/c1-15(32-23(28)21-14-19(26)18-4-2-3-5-20(18)33-21)22(27)24-16-6-8-17(9-7-16)34(29,30)25-10-12-31-13-11-25/h2-9,14-15H,10-13H2,1H3,(H,24,27). The van der Waals surface area contributed by atoms with Crippen molar-refractivity contribution in [1.29, 1.82) is 0 Å². The van der Waals surface area contributed by atoms with Crippen LogP contribution in [-0.4, -0.2) is 57.0 Å². The zero-order chi connectivity index (χ0) is 24.3. The van der Waals surface area contributed by atoms with Gasteiger partial charge in [-0.2, -0.15) is 4.31 Å². The highest BCUT2D eigenvalue weighted by Crippen LogP contribution is 2.20. The number of benzene rings is 2. The highest BCUT2D eigenvalue weighted by atomic mass is 32.2. The van der Waals surface area contributed by atoms with E-state index in [0.29, 0.717) is 24.3 Å². The number of sulfonamides is 1. The molecule has 2 aromatic carbocycles. The lowest BCUT2D eigenvalue weighted by Gasteiger charge is -2.26. The first-order valence-corrected chi connectivity index (χ1v) is 11.9. The fourth-order valence-electron chi connectivity index (χ4n) is 3.37. The van der Waals surface area contributed by atoms with Crippen LogP contribution in [0.4, 0.5) is 5.69 Å². The second-order valence-corrected chi connectivity index (χ2v) is 9.49. The number of anilines is 1. The maximum atomic E-state index is 12.7. The molecule has 2 heterocycles. The number of morpholine rings is 1. The van der Waals surface area contributed by atoms with E-state index in [1.165, 1.54) is 35.5 Å². The van der Waals surface area contributed by atoms with Crippen LogP contribution in [-0.2, 0) is 24.3 Å². The van der Waals surface area contributed by atoms with Crippen LogP contribution in [0.1, 0.15) is 17.5 Å². The molecule has 0 saturated carbocycles. The molecule has 1 atom stereocenters. The molecule has 0 aliphatic carbocycles. The molecule has 34 heavy (non-hydrogen) atoms. The Morgan fingerprint density at radius 1 is 1.06 bits per heavy atom. The van der Waals surface area contributed by atoms with Crippen molar-refractivity contribution in [2.45, 2.75) is 17.9 Å². The summed E-state index contributed by atoms with van der Waals surface area (Å²) in [5, 5.41) is 2.88. The molecule has 0 bridgehead atoms. The van der Waals surface area contributed by atoms with E-state index in [2.05, 4.69) is 5.32 Å². The lowest BCUT2D eigenvalue weighted by atomic mass is 10.2. The minimum absolute atomic E-state index is 0.0956. The van der Waals surface area contributed by atoms with Gasteiger partial charge in [-0.1, -0.05) is 12.1 Å². The van der Waals surface area contributed by atoms with Gasteiger partial charge in [0.15, 0.2) is 11.5 Å². The molecular weight excluding hydrogens is 464 g/mol. The van der Waals surface area contributed by atoms with Gasteiger partial charge in [-0.25, -0.2) is 13.2 Å². The summed E-state index contributed by atoms with van der Waals surface area (Å²) in [6.45, 7) is 2.60. The second-order valence-electron chi connectivity index (χ2n) is 7.55. The van der Waals surface area contributed by atoms with E-state index in [1.54, 1.807) is 24.3 Å². The predicted molar refractivity (Wildman–Crippen MR) is 122 cm³/mol. The number of amides is 1. The molecule has 1 fully saturated rings. The Kier molecular flexibility index (Phi) is 6.77. The summed E-state index contributed by atoms with van der Waals surface area (Å²) in [7, 11) is -3.65. The summed E-state index contributed by atoms with van der Waals surface area (Å²) in [5.41, 5.74) is 0.148. The Morgan fingerprint density at radius 3 is 2.44 bits per heavy atom. The van der Waals surface area contributed by atoms with Gasteiger partial charge in [-0.3, -0.25) is 9.59 Å². The maximum Gasteiger partial charge on any atom is 0.375 e. The van der Waals surface area contributed by atoms with Gasteiger partial charge < -0.3 is 19.2 Å². The van der Waals surface area contributed by atoms with Gasteiger partial charge >= 0.3 is 5.97 Å². The Balaban J connectivity index is 1.40. The molecule has 1 aromatic heterocycles. The average molecular weight is 487 g/mol. The summed E-state index contributed by atoms with van der Waals surface area (Å²) >= 11 is 0. The van der Waals surface area contributed by atoms with Crippen LogP contribution in [0.5, 0.6) is 0 Å². The number of esters is 1. The Bertz CT molecular complexity index is 1380. The molecule has 1 N–H and O–H groups in total. The third-order valence-electron chi connectivity index (χ3n) is 5.22. The van der Waals surface area contributed by atoms with Gasteiger partial charge in [-0.05, 0) is 43.3 Å². The van der Waals surface area contributed by atoms with E-state index in [1.807, 2.05) is 0 Å². The summed E-state index contributed by atoms with van der Waals surface area (Å²) in [6, 6.07) is 13.1. The Labute approximate surface area is 195 Å². The van der Waals surface area contributed by atoms with Crippen LogP contribution < -0.4 is 10.7 Å². The Morgan fingerprint density at radius 2 is 1.74 bits per heavy atom. The Hall–Kier alpha value is -3.54. The topological polar surface area (TPSA) is 132 Å². The summed E-state index contributed by atoms with van der Waals surface area (Å²) in [5.74, 6) is -1.92. The van der Waals surface area contributed by atoms with E-state index >= 15 is 0 Å². The first kappa shape index (κ1) is 23.6. The van der Waals surface area contributed by atoms with E-state index in [9.17, 15) is 22.8 Å². The van der Waals surface area contributed by atoms with E-state index in [-0.39, 0.29) is 29.3 Å². The summed E-state index contributed by atoms with van der Waals surface area (Å²) < 4.78 is 42.5. The molecule has 11 heteroatoms. The van der Waals surface area contributed by atoms with Crippen LogP contribution in [0.2, 0.25) is 0 Å². The summed E-state index contributed by atoms with van der Waals surface area (Å²) in [4.78, 5) is 37.1. The predicted octanol–water partition coefficient (Wildman–Crippen LogP) is 2.00. The fraction of sp³-hybridized carbons (Fsp3) is 0.261. The number of hydrogen-bond acceptors (Lipinski definition) is 8. The van der Waals surface area contributed by atoms with E-state index in [0.717, 1.165) is 6.07 Å². The zero-order valence-electron chi connectivity index (χ0n) is 18.2. The number of carbonyl (C=O) groups excluding carboxylic acids is 2. The molecule has 4 rings (SSSR count). The number of hydrogen-bond donors (Lipinski definition) is 1. The molecule has 10 nitrogen and oxygen atoms in total. The number of nitrogens with one attached hydrogen (secondary N) is 1. The molecule has 0 radical (unpaired) electrons. The number of nitrogens with zero attached hydrogens (tertiary/aromatic N) is 1. The number of fused-ring (bicyclic) bond motifs is 1. The quantitative estimate of drug-likeness (QED) is 0.523. The number of rotatable bonds is 6. The monoisotopic (exact) mass is 486 g/mol. The average Bonchev–Trinajstić information content (AvgIpc) is 2.84. The zero-order valence-corrected chi connectivity index (χ0v) is 19.0. The molecule has 1 aliphatic rings. The van der Waals surface area contributed by atoms with Crippen molar-refractivity contribution in [1.82, 2.24) is 4.31 Å². The third-order valence-corrected chi connectivity index (χ3v) is 7.13. The van der Waals surface area contributed by atoms with Crippen molar-refractivity contribution in [3.05, 3.63) is 70.6 Å². The first-order chi connectivity index (χ1) is 16.3. The van der Waals surface area contributed by atoms with Gasteiger partial charge in [0.25, 0.3) is 5.91 Å². The number of carbonyl (C=O) groups is 2. The van der Waals surface area contributed by atoms with Crippen molar-refractivity contribution in [2.75, 3.05) is 31.6 Å². The van der Waals surface area contributed by atoms with Gasteiger partial charge in [-0.15, -0.1) is 0 Å². The normalized spacial score (nSPS) is 15.6. The van der Waals surface area contributed by atoms with E-state index < -0.39 is 33.4 Å². The van der Waals surface area contributed by atoms with Gasteiger partial charge in [0.1, 0.15) is 5.58 Å².